The van der Waals surface area contributed by atoms with E-state index in [0.717, 1.165) is 12.8 Å². The summed E-state index contributed by atoms with van der Waals surface area (Å²) in [5, 5.41) is 48.6. The number of carbonyl (C=O) groups excluding carboxylic acids is 2. The van der Waals surface area contributed by atoms with Gasteiger partial charge in [0.2, 0.25) is 11.8 Å². The average Bonchev–Trinajstić information content (AvgIpc) is 3.09. The number of nitrogens with one attached hydrogen (secondary N) is 2. The molecule has 1 saturated heterocycles. The van der Waals surface area contributed by atoms with Gasteiger partial charge in [-0.05, 0) is 61.1 Å². The monoisotopic (exact) mass is 660 g/mol. The first-order chi connectivity index (χ1) is 23.2. The Labute approximate surface area is 277 Å². The topological polar surface area (TPSA) is 209 Å². The third-order valence-corrected chi connectivity index (χ3v) is 7.88. The van der Waals surface area contributed by atoms with Crippen LogP contribution in [0, 0.1) is 28.5 Å². The summed E-state index contributed by atoms with van der Waals surface area (Å²) < 4.78 is 20.0. The Morgan fingerprint density at radius 1 is 1.04 bits per heavy atom. The number of anilines is 1. The SMILES string of the molecule is COc1ccc(-c2cnc(N3CCC(NC(=O)CCCCCCC(=O)NO)CC3)c(C#N)c2-c2ccc(C#N)c(F)c2)cc1O.O=CO. The zero-order chi connectivity index (χ0) is 35.1. The van der Waals surface area contributed by atoms with E-state index in [1.54, 1.807) is 29.9 Å². The number of carboxylic acid groups (broad SMARTS) is 1. The van der Waals surface area contributed by atoms with Gasteiger partial charge >= 0.3 is 0 Å². The highest BCUT2D eigenvalue weighted by atomic mass is 19.1. The number of nitrogens with zero attached hydrogens (tertiary/aromatic N) is 4. The number of hydrogen-bond acceptors (Lipinski definition) is 10. The number of pyridine rings is 1. The highest BCUT2D eigenvalue weighted by Crippen LogP contribution is 2.41. The molecule has 1 aliphatic heterocycles. The molecule has 2 heterocycles. The molecule has 0 saturated carbocycles. The first-order valence-electron chi connectivity index (χ1n) is 15.3. The minimum absolute atomic E-state index is 0.0267. The van der Waals surface area contributed by atoms with Gasteiger partial charge in [0.05, 0.1) is 12.7 Å². The number of amides is 2. The highest BCUT2D eigenvalue weighted by molar-refractivity contribution is 5.90. The normalized spacial score (nSPS) is 12.5. The molecule has 0 unspecified atom stereocenters. The molecule has 14 heteroatoms. The van der Waals surface area contributed by atoms with Gasteiger partial charge in [-0.25, -0.2) is 14.9 Å². The maximum Gasteiger partial charge on any atom is 0.290 e. The van der Waals surface area contributed by atoms with Crippen LogP contribution in [0.4, 0.5) is 10.2 Å². The Kier molecular flexibility index (Phi) is 14.1. The van der Waals surface area contributed by atoms with Gasteiger partial charge in [0.15, 0.2) is 11.5 Å². The summed E-state index contributed by atoms with van der Waals surface area (Å²) in [6.45, 7) is 0.812. The van der Waals surface area contributed by atoms with Crippen molar-refractivity contribution < 1.29 is 38.9 Å². The first-order valence-corrected chi connectivity index (χ1v) is 15.3. The van der Waals surface area contributed by atoms with Crippen molar-refractivity contribution in [1.82, 2.24) is 15.8 Å². The van der Waals surface area contributed by atoms with Crippen molar-refractivity contribution in [2.45, 2.75) is 57.4 Å². The quantitative estimate of drug-likeness (QED) is 0.0782. The molecule has 2 aromatic carbocycles. The fourth-order valence-electron chi connectivity index (χ4n) is 5.50. The first kappa shape index (κ1) is 36.7. The Bertz CT molecular complexity index is 1680. The lowest BCUT2D eigenvalue weighted by Crippen LogP contribution is -2.45. The number of ether oxygens (including phenoxy) is 1. The predicted octanol–water partition coefficient (Wildman–Crippen LogP) is 4.64. The van der Waals surface area contributed by atoms with Crippen molar-refractivity contribution in [1.29, 1.82) is 10.5 Å². The van der Waals surface area contributed by atoms with Gasteiger partial charge in [-0.2, -0.15) is 10.5 Å². The number of hydrogen-bond donors (Lipinski definition) is 5. The molecule has 0 radical (unpaired) electrons. The maximum absolute atomic E-state index is 14.8. The van der Waals surface area contributed by atoms with Gasteiger partial charge in [0.1, 0.15) is 29.3 Å². The minimum Gasteiger partial charge on any atom is -0.504 e. The van der Waals surface area contributed by atoms with Crippen LogP contribution >= 0.6 is 0 Å². The van der Waals surface area contributed by atoms with Crippen LogP contribution in [0.5, 0.6) is 11.5 Å². The molecule has 2 amide bonds. The van der Waals surface area contributed by atoms with Crippen molar-refractivity contribution in [2.24, 2.45) is 0 Å². The van der Waals surface area contributed by atoms with E-state index < -0.39 is 11.7 Å². The lowest BCUT2D eigenvalue weighted by molar-refractivity contribution is -0.129. The average molecular weight is 661 g/mol. The second-order valence-corrected chi connectivity index (χ2v) is 10.9. The van der Waals surface area contributed by atoms with Crippen LogP contribution in [0.3, 0.4) is 0 Å². The molecule has 3 aromatic rings. The second-order valence-electron chi connectivity index (χ2n) is 10.9. The van der Waals surface area contributed by atoms with Crippen molar-refractivity contribution in [2.75, 3.05) is 25.1 Å². The van der Waals surface area contributed by atoms with Crippen LogP contribution in [0.2, 0.25) is 0 Å². The van der Waals surface area contributed by atoms with Crippen LogP contribution in [-0.4, -0.2) is 64.9 Å². The van der Waals surface area contributed by atoms with Crippen molar-refractivity contribution >= 4 is 24.1 Å². The molecule has 0 atom stereocenters. The maximum atomic E-state index is 14.8. The largest absolute Gasteiger partial charge is 0.504 e. The minimum atomic E-state index is -0.716. The summed E-state index contributed by atoms with van der Waals surface area (Å²) in [5.74, 6) is -0.566. The number of rotatable bonds is 12. The van der Waals surface area contributed by atoms with E-state index in [9.17, 15) is 29.6 Å². The van der Waals surface area contributed by atoms with Crippen LogP contribution in [0.1, 0.15) is 62.5 Å². The lowest BCUT2D eigenvalue weighted by Gasteiger charge is -2.34. The van der Waals surface area contributed by atoms with Crippen LogP contribution < -0.4 is 20.4 Å². The van der Waals surface area contributed by atoms with Gasteiger partial charge in [-0.3, -0.25) is 19.6 Å². The molecule has 1 aliphatic rings. The van der Waals surface area contributed by atoms with Crippen molar-refractivity contribution in [3.05, 3.63) is 59.5 Å². The Morgan fingerprint density at radius 2 is 1.69 bits per heavy atom. The molecule has 5 N–H and O–H groups in total. The van der Waals surface area contributed by atoms with Gasteiger partial charge in [-0.15, -0.1) is 0 Å². The molecule has 0 aliphatic carbocycles. The summed E-state index contributed by atoms with van der Waals surface area (Å²) in [6, 6.07) is 13.0. The number of hydroxylamine groups is 1. The summed E-state index contributed by atoms with van der Waals surface area (Å²) in [7, 11) is 1.44. The molecule has 0 spiro atoms. The molecular formula is C34H37FN6O7. The lowest BCUT2D eigenvalue weighted by atomic mass is 9.91. The number of methoxy groups -OCH3 is 1. The fourth-order valence-corrected chi connectivity index (χ4v) is 5.50. The Morgan fingerprint density at radius 3 is 2.25 bits per heavy atom. The van der Waals surface area contributed by atoms with Gasteiger partial charge in [0, 0.05) is 49.3 Å². The van der Waals surface area contributed by atoms with Gasteiger partial charge in [-0.1, -0.05) is 25.0 Å². The Balaban J connectivity index is 0.00000201. The second kappa shape index (κ2) is 18.4. The van der Waals surface area contributed by atoms with Gasteiger partial charge < -0.3 is 25.2 Å². The van der Waals surface area contributed by atoms with E-state index in [-0.39, 0.29) is 47.5 Å². The van der Waals surface area contributed by atoms with Crippen molar-refractivity contribution in [3.63, 3.8) is 0 Å². The van der Waals surface area contributed by atoms with Crippen LogP contribution in [0.15, 0.2) is 42.6 Å². The Hall–Kier alpha value is -5.73. The summed E-state index contributed by atoms with van der Waals surface area (Å²) in [6.07, 6.45) is 6.48. The number of piperidine rings is 1. The number of nitriles is 2. The zero-order valence-electron chi connectivity index (χ0n) is 26.4. The van der Waals surface area contributed by atoms with Crippen LogP contribution in [0.25, 0.3) is 22.3 Å². The summed E-state index contributed by atoms with van der Waals surface area (Å²) >= 11 is 0. The predicted molar refractivity (Wildman–Crippen MR) is 172 cm³/mol. The molecule has 0 bridgehead atoms. The molecule has 48 heavy (non-hydrogen) atoms. The van der Waals surface area contributed by atoms with Crippen LogP contribution in [-0.2, 0) is 14.4 Å². The van der Waals surface area contributed by atoms with E-state index in [0.29, 0.717) is 73.3 Å². The standard InChI is InChI=1S/C33H35FN6O5.CH2O2/c1-45-29-11-10-21(17-28(29)41)26-20-37-33(25(19-36)32(26)22-8-9-23(18-35)27(34)16-22)40-14-12-24(13-15-40)38-30(42)6-4-2-3-5-7-31(43)39-44;2-1-3/h8-11,16-17,20,24,41,44H,2-7,12-15H2,1H3,(H,38,42)(H,39,43);1H,(H,2,3). The van der Waals surface area contributed by atoms with Crippen molar-refractivity contribution in [3.8, 4) is 45.9 Å². The zero-order valence-corrected chi connectivity index (χ0v) is 26.4. The van der Waals surface area contributed by atoms with Gasteiger partial charge in [0.25, 0.3) is 6.47 Å². The molecule has 4 rings (SSSR count). The number of carbonyl (C=O) groups is 3. The highest BCUT2D eigenvalue weighted by Gasteiger charge is 2.27. The van der Waals surface area contributed by atoms with E-state index in [2.05, 4.69) is 16.4 Å². The summed E-state index contributed by atoms with van der Waals surface area (Å²) in [4.78, 5) is 38.6. The number of aromatic hydroxyl groups is 1. The third kappa shape index (κ3) is 9.64. The van der Waals surface area contributed by atoms with E-state index in [1.165, 1.54) is 25.3 Å². The molecule has 13 nitrogen and oxygen atoms in total. The van der Waals surface area contributed by atoms with E-state index in [4.69, 9.17) is 19.8 Å². The molecule has 252 valence electrons. The third-order valence-electron chi connectivity index (χ3n) is 7.88. The number of phenols is 1. The number of phenolic OH excluding ortho intramolecular Hbond substituents is 1. The van der Waals surface area contributed by atoms with E-state index in [1.807, 2.05) is 11.0 Å². The van der Waals surface area contributed by atoms with E-state index >= 15 is 0 Å². The number of unbranched alkanes of at least 4 members (excludes halogenated alkanes) is 3. The smallest absolute Gasteiger partial charge is 0.290 e. The fraction of sp³-hybridized carbons (Fsp3) is 0.353. The molecule has 1 fully saturated rings. The molecular weight excluding hydrogens is 623 g/mol. The number of aromatic nitrogens is 1. The number of halogens is 1. The summed E-state index contributed by atoms with van der Waals surface area (Å²) in [5.41, 5.74) is 3.56. The number of benzene rings is 2. The molecule has 1 aromatic heterocycles.